The summed E-state index contributed by atoms with van der Waals surface area (Å²) in [5.41, 5.74) is 11.3. The normalized spacial score (nSPS) is 14.7. The first-order valence-electron chi connectivity index (χ1n) is 6.53. The zero-order chi connectivity index (χ0) is 13.0. The van der Waals surface area contributed by atoms with Gasteiger partial charge in [0, 0.05) is 18.6 Å². The van der Waals surface area contributed by atoms with Gasteiger partial charge in [-0.1, -0.05) is 24.6 Å². The molecule has 17 heavy (non-hydrogen) atoms. The summed E-state index contributed by atoms with van der Waals surface area (Å²) >= 11 is 0. The fourth-order valence-electron chi connectivity index (χ4n) is 2.47. The third kappa shape index (κ3) is 3.55. The lowest BCUT2D eigenvalue weighted by Crippen LogP contribution is -2.35. The molecule has 2 atom stereocenters. The quantitative estimate of drug-likeness (QED) is 0.822. The molecule has 0 aromatic heterocycles. The summed E-state index contributed by atoms with van der Waals surface area (Å²) in [6.45, 7) is 11.5. The number of benzene rings is 1. The van der Waals surface area contributed by atoms with Crippen LogP contribution in [0.25, 0.3) is 0 Å². The molecular formula is C15H26N2. The maximum absolute atomic E-state index is 5.92. The van der Waals surface area contributed by atoms with Crippen molar-refractivity contribution in [2.45, 2.75) is 53.1 Å². The molecule has 0 heterocycles. The topological polar surface area (TPSA) is 38.0 Å². The Morgan fingerprint density at radius 3 is 2.12 bits per heavy atom. The molecule has 1 aromatic rings. The number of hydrogen-bond donors (Lipinski definition) is 2. The van der Waals surface area contributed by atoms with E-state index in [9.17, 15) is 0 Å². The van der Waals surface area contributed by atoms with Gasteiger partial charge < -0.3 is 11.1 Å². The van der Waals surface area contributed by atoms with E-state index < -0.39 is 0 Å². The van der Waals surface area contributed by atoms with Gasteiger partial charge in [0.05, 0.1) is 0 Å². The van der Waals surface area contributed by atoms with Crippen molar-refractivity contribution in [3.05, 3.63) is 34.4 Å². The maximum Gasteiger partial charge on any atom is 0.0451 e. The van der Waals surface area contributed by atoms with Crippen LogP contribution in [-0.4, -0.2) is 12.6 Å². The lowest BCUT2D eigenvalue weighted by molar-refractivity contribution is 0.449. The molecule has 0 spiro atoms. The molecule has 0 fully saturated rings. The van der Waals surface area contributed by atoms with Crippen molar-refractivity contribution in [1.82, 2.24) is 5.32 Å². The van der Waals surface area contributed by atoms with Crippen molar-refractivity contribution in [2.24, 2.45) is 5.73 Å². The molecule has 0 saturated carbocycles. The van der Waals surface area contributed by atoms with E-state index in [0.717, 1.165) is 6.42 Å². The molecular weight excluding hydrogens is 208 g/mol. The molecule has 3 N–H and O–H groups in total. The van der Waals surface area contributed by atoms with Crippen molar-refractivity contribution in [3.63, 3.8) is 0 Å². The van der Waals surface area contributed by atoms with Crippen LogP contribution >= 0.6 is 0 Å². The zero-order valence-corrected chi connectivity index (χ0v) is 11.8. The van der Waals surface area contributed by atoms with Gasteiger partial charge in [-0.05, 0) is 50.8 Å². The molecule has 0 radical (unpaired) electrons. The van der Waals surface area contributed by atoms with Crippen molar-refractivity contribution >= 4 is 0 Å². The second-order valence-corrected chi connectivity index (χ2v) is 5.08. The van der Waals surface area contributed by atoms with Gasteiger partial charge in [0.1, 0.15) is 0 Å². The summed E-state index contributed by atoms with van der Waals surface area (Å²) in [7, 11) is 0. The van der Waals surface area contributed by atoms with Crippen LogP contribution in [0.1, 0.15) is 48.6 Å². The van der Waals surface area contributed by atoms with Crippen molar-refractivity contribution in [1.29, 1.82) is 0 Å². The molecule has 1 aromatic carbocycles. The van der Waals surface area contributed by atoms with Crippen LogP contribution < -0.4 is 11.1 Å². The predicted octanol–water partition coefficient (Wildman–Crippen LogP) is 3.00. The van der Waals surface area contributed by atoms with Gasteiger partial charge in [0.2, 0.25) is 0 Å². The minimum Gasteiger partial charge on any atom is -0.329 e. The van der Waals surface area contributed by atoms with Gasteiger partial charge in [-0.25, -0.2) is 0 Å². The number of nitrogens with one attached hydrogen (secondary N) is 1. The highest BCUT2D eigenvalue weighted by Crippen LogP contribution is 2.23. The molecule has 0 aliphatic carbocycles. The molecule has 2 nitrogen and oxygen atoms in total. The third-order valence-electron chi connectivity index (χ3n) is 3.42. The zero-order valence-electron chi connectivity index (χ0n) is 11.8. The Kier molecular flexibility index (Phi) is 5.16. The maximum atomic E-state index is 5.92. The molecule has 2 unspecified atom stereocenters. The SMILES string of the molecule is CCC(C)NC(CN)c1c(C)cc(C)cc1C. The summed E-state index contributed by atoms with van der Waals surface area (Å²) in [5, 5.41) is 3.61. The largest absolute Gasteiger partial charge is 0.329 e. The van der Waals surface area contributed by atoms with Crippen LogP contribution in [0, 0.1) is 20.8 Å². The van der Waals surface area contributed by atoms with Crippen LogP contribution in [0.2, 0.25) is 0 Å². The molecule has 96 valence electrons. The molecule has 0 aliphatic heterocycles. The fourth-order valence-corrected chi connectivity index (χ4v) is 2.47. The Bertz CT molecular complexity index is 348. The Morgan fingerprint density at radius 2 is 1.71 bits per heavy atom. The van der Waals surface area contributed by atoms with E-state index >= 15 is 0 Å². The van der Waals surface area contributed by atoms with Crippen molar-refractivity contribution in [2.75, 3.05) is 6.54 Å². The molecule has 0 amide bonds. The number of nitrogens with two attached hydrogens (primary N) is 1. The lowest BCUT2D eigenvalue weighted by atomic mass is 9.93. The minimum atomic E-state index is 0.269. The number of aryl methyl sites for hydroxylation is 3. The van der Waals surface area contributed by atoms with E-state index in [1.54, 1.807) is 0 Å². The Hall–Kier alpha value is -0.860. The van der Waals surface area contributed by atoms with E-state index in [4.69, 9.17) is 5.73 Å². The second kappa shape index (κ2) is 6.18. The third-order valence-corrected chi connectivity index (χ3v) is 3.42. The van der Waals surface area contributed by atoms with E-state index in [1.165, 1.54) is 22.3 Å². The Labute approximate surface area is 106 Å². The summed E-state index contributed by atoms with van der Waals surface area (Å²) in [6, 6.07) is 5.25. The molecule has 0 aliphatic rings. The fraction of sp³-hybridized carbons (Fsp3) is 0.600. The smallest absolute Gasteiger partial charge is 0.0451 e. The van der Waals surface area contributed by atoms with Gasteiger partial charge in [-0.2, -0.15) is 0 Å². The van der Waals surface area contributed by atoms with E-state index in [0.29, 0.717) is 12.6 Å². The summed E-state index contributed by atoms with van der Waals surface area (Å²) in [6.07, 6.45) is 1.13. The van der Waals surface area contributed by atoms with Gasteiger partial charge in [-0.15, -0.1) is 0 Å². The molecule has 2 heteroatoms. The Morgan fingerprint density at radius 1 is 1.18 bits per heavy atom. The highest BCUT2D eigenvalue weighted by molar-refractivity contribution is 5.39. The average Bonchev–Trinajstić information content (AvgIpc) is 2.25. The first-order chi connectivity index (χ1) is 7.99. The van der Waals surface area contributed by atoms with Crippen molar-refractivity contribution < 1.29 is 0 Å². The Balaban J connectivity index is 3.03. The van der Waals surface area contributed by atoms with Gasteiger partial charge in [0.15, 0.2) is 0 Å². The highest BCUT2D eigenvalue weighted by atomic mass is 15.0. The van der Waals surface area contributed by atoms with Crippen molar-refractivity contribution in [3.8, 4) is 0 Å². The van der Waals surface area contributed by atoms with Crippen LogP contribution in [0.4, 0.5) is 0 Å². The van der Waals surface area contributed by atoms with E-state index in [2.05, 4.69) is 52.1 Å². The predicted molar refractivity (Wildman–Crippen MR) is 75.3 cm³/mol. The standard InChI is InChI=1S/C15H26N2/c1-6-13(5)17-14(9-16)15-11(3)7-10(2)8-12(15)4/h7-8,13-14,17H,6,9,16H2,1-5H3. The summed E-state index contributed by atoms with van der Waals surface area (Å²) < 4.78 is 0. The number of rotatable bonds is 5. The second-order valence-electron chi connectivity index (χ2n) is 5.08. The number of hydrogen-bond acceptors (Lipinski definition) is 2. The summed E-state index contributed by atoms with van der Waals surface area (Å²) in [4.78, 5) is 0. The van der Waals surface area contributed by atoms with Gasteiger partial charge in [-0.3, -0.25) is 0 Å². The van der Waals surface area contributed by atoms with Crippen LogP contribution in [0.5, 0.6) is 0 Å². The first-order valence-corrected chi connectivity index (χ1v) is 6.53. The van der Waals surface area contributed by atoms with E-state index in [-0.39, 0.29) is 6.04 Å². The van der Waals surface area contributed by atoms with Crippen LogP contribution in [0.3, 0.4) is 0 Å². The van der Waals surface area contributed by atoms with Gasteiger partial charge in [0.25, 0.3) is 0 Å². The molecule has 1 rings (SSSR count). The van der Waals surface area contributed by atoms with Crippen LogP contribution in [-0.2, 0) is 0 Å². The van der Waals surface area contributed by atoms with Gasteiger partial charge >= 0.3 is 0 Å². The summed E-state index contributed by atoms with van der Waals surface area (Å²) in [5.74, 6) is 0. The van der Waals surface area contributed by atoms with Crippen LogP contribution in [0.15, 0.2) is 12.1 Å². The monoisotopic (exact) mass is 234 g/mol. The van der Waals surface area contributed by atoms with E-state index in [1.807, 2.05) is 0 Å². The average molecular weight is 234 g/mol. The lowest BCUT2D eigenvalue weighted by Gasteiger charge is -2.25. The first kappa shape index (κ1) is 14.2. The minimum absolute atomic E-state index is 0.269. The highest BCUT2D eigenvalue weighted by Gasteiger charge is 2.16. The molecule has 0 saturated heterocycles. The molecule has 0 bridgehead atoms.